The Bertz CT molecular complexity index is 575. The Morgan fingerprint density at radius 2 is 1.80 bits per heavy atom. The van der Waals surface area contributed by atoms with Crippen LogP contribution in [0.2, 0.25) is 0 Å². The summed E-state index contributed by atoms with van der Waals surface area (Å²) in [5.74, 6) is -1.07. The normalized spacial score (nSPS) is 18.1. The molecule has 1 aliphatic heterocycles. The maximum atomic E-state index is 12.2. The number of benzene rings is 1. The van der Waals surface area contributed by atoms with Crippen LogP contribution in [0.1, 0.15) is 23.2 Å². The van der Waals surface area contributed by atoms with Gasteiger partial charge in [0.15, 0.2) is 0 Å². The molecule has 1 fully saturated rings. The molecule has 0 spiro atoms. The minimum absolute atomic E-state index is 0.0599. The molecule has 1 aliphatic rings. The smallest absolute Gasteiger partial charge is 0.335 e. The number of rotatable bonds is 4. The molecule has 6 nitrogen and oxygen atoms in total. The minimum atomic E-state index is -3.58. The largest absolute Gasteiger partial charge is 0.478 e. The van der Waals surface area contributed by atoms with Crippen LogP contribution in [-0.2, 0) is 10.0 Å². The first kappa shape index (κ1) is 15.0. The number of carboxylic acid groups (broad SMARTS) is 1. The second-order valence-corrected chi connectivity index (χ2v) is 6.74. The number of hydrogen-bond acceptors (Lipinski definition) is 4. The topological polar surface area (TPSA) is 86.7 Å². The number of nitrogens with zero attached hydrogens (tertiary/aromatic N) is 1. The van der Waals surface area contributed by atoms with E-state index in [1.54, 1.807) is 0 Å². The van der Waals surface area contributed by atoms with Crippen molar-refractivity contribution in [1.82, 2.24) is 9.62 Å². The summed E-state index contributed by atoms with van der Waals surface area (Å²) in [5.41, 5.74) is 0.0724. The Morgan fingerprint density at radius 3 is 2.30 bits per heavy atom. The number of nitrogens with one attached hydrogen (secondary N) is 1. The van der Waals surface area contributed by atoms with Gasteiger partial charge in [0, 0.05) is 6.04 Å². The molecule has 1 saturated heterocycles. The van der Waals surface area contributed by atoms with Gasteiger partial charge in [-0.15, -0.1) is 0 Å². The molecular weight excluding hydrogens is 280 g/mol. The molecule has 2 N–H and O–H groups in total. The van der Waals surface area contributed by atoms with Gasteiger partial charge < -0.3 is 10.0 Å². The van der Waals surface area contributed by atoms with Gasteiger partial charge in [-0.3, -0.25) is 0 Å². The van der Waals surface area contributed by atoms with Crippen molar-refractivity contribution < 1.29 is 18.3 Å². The fourth-order valence-corrected chi connectivity index (χ4v) is 3.50. The zero-order chi connectivity index (χ0) is 14.8. The number of carbonyl (C=O) groups is 1. The van der Waals surface area contributed by atoms with Crippen LogP contribution >= 0.6 is 0 Å². The van der Waals surface area contributed by atoms with Crippen molar-refractivity contribution in [2.75, 3.05) is 20.1 Å². The lowest BCUT2D eigenvalue weighted by atomic mass is 10.1. The van der Waals surface area contributed by atoms with Crippen molar-refractivity contribution in [3.05, 3.63) is 29.8 Å². The number of aromatic carboxylic acids is 1. The summed E-state index contributed by atoms with van der Waals surface area (Å²) in [5, 5.41) is 8.79. The molecule has 20 heavy (non-hydrogen) atoms. The predicted octanol–water partition coefficient (Wildman–Crippen LogP) is 0.757. The zero-order valence-corrected chi connectivity index (χ0v) is 12.1. The SMILES string of the molecule is CN1CCC(NS(=O)(=O)c2ccc(C(=O)O)cc2)CC1. The van der Waals surface area contributed by atoms with Crippen LogP contribution in [0.15, 0.2) is 29.2 Å². The van der Waals surface area contributed by atoms with E-state index in [2.05, 4.69) is 9.62 Å². The van der Waals surface area contributed by atoms with Crippen molar-refractivity contribution in [2.24, 2.45) is 0 Å². The van der Waals surface area contributed by atoms with E-state index in [-0.39, 0.29) is 16.5 Å². The van der Waals surface area contributed by atoms with Crippen LogP contribution in [0.4, 0.5) is 0 Å². The van der Waals surface area contributed by atoms with Gasteiger partial charge in [-0.2, -0.15) is 0 Å². The Labute approximate surface area is 118 Å². The highest BCUT2D eigenvalue weighted by molar-refractivity contribution is 7.89. The minimum Gasteiger partial charge on any atom is -0.478 e. The summed E-state index contributed by atoms with van der Waals surface area (Å²) >= 11 is 0. The summed E-state index contributed by atoms with van der Waals surface area (Å²) in [6, 6.07) is 5.17. The van der Waals surface area contributed by atoms with Crippen molar-refractivity contribution in [1.29, 1.82) is 0 Å². The van der Waals surface area contributed by atoms with Crippen molar-refractivity contribution in [3.63, 3.8) is 0 Å². The zero-order valence-electron chi connectivity index (χ0n) is 11.2. The first-order chi connectivity index (χ1) is 9.38. The number of piperidine rings is 1. The third-order valence-corrected chi connectivity index (χ3v) is 4.99. The summed E-state index contributed by atoms with van der Waals surface area (Å²) in [4.78, 5) is 13.0. The van der Waals surface area contributed by atoms with Crippen molar-refractivity contribution >= 4 is 16.0 Å². The van der Waals surface area contributed by atoms with E-state index in [9.17, 15) is 13.2 Å². The Hall–Kier alpha value is -1.44. The molecule has 0 saturated carbocycles. The summed E-state index contributed by atoms with van der Waals surface area (Å²) in [6.45, 7) is 1.73. The van der Waals surface area contributed by atoms with E-state index in [1.807, 2.05) is 7.05 Å². The van der Waals surface area contributed by atoms with Crippen LogP contribution in [-0.4, -0.2) is 50.6 Å². The lowest BCUT2D eigenvalue weighted by Gasteiger charge is -2.29. The lowest BCUT2D eigenvalue weighted by molar-refractivity contribution is 0.0696. The fraction of sp³-hybridized carbons (Fsp3) is 0.462. The molecule has 0 atom stereocenters. The van der Waals surface area contributed by atoms with Gasteiger partial charge in [0.2, 0.25) is 10.0 Å². The molecule has 0 aromatic heterocycles. The highest BCUT2D eigenvalue weighted by atomic mass is 32.2. The van der Waals surface area contributed by atoms with Crippen LogP contribution < -0.4 is 4.72 Å². The molecule has 0 aliphatic carbocycles. The van der Waals surface area contributed by atoms with Gasteiger partial charge in [-0.25, -0.2) is 17.9 Å². The number of hydrogen-bond donors (Lipinski definition) is 2. The second kappa shape index (κ2) is 5.90. The first-order valence-corrected chi connectivity index (χ1v) is 7.91. The van der Waals surface area contributed by atoms with E-state index in [1.165, 1.54) is 24.3 Å². The number of likely N-dealkylation sites (tertiary alicyclic amines) is 1. The van der Waals surface area contributed by atoms with Gasteiger partial charge in [0.05, 0.1) is 10.5 Å². The molecule has 0 amide bonds. The van der Waals surface area contributed by atoms with E-state index >= 15 is 0 Å². The van der Waals surface area contributed by atoms with Crippen LogP contribution in [0, 0.1) is 0 Å². The van der Waals surface area contributed by atoms with Gasteiger partial charge in [-0.1, -0.05) is 0 Å². The number of sulfonamides is 1. The maximum Gasteiger partial charge on any atom is 0.335 e. The summed E-state index contributed by atoms with van der Waals surface area (Å²) < 4.78 is 27.1. The average Bonchev–Trinajstić information content (AvgIpc) is 2.41. The third kappa shape index (κ3) is 3.56. The van der Waals surface area contributed by atoms with Crippen molar-refractivity contribution in [2.45, 2.75) is 23.8 Å². The third-order valence-electron chi connectivity index (χ3n) is 3.45. The highest BCUT2D eigenvalue weighted by Crippen LogP contribution is 2.15. The lowest BCUT2D eigenvalue weighted by Crippen LogP contribution is -2.43. The van der Waals surface area contributed by atoms with Gasteiger partial charge >= 0.3 is 5.97 Å². The molecule has 2 rings (SSSR count). The predicted molar refractivity (Wildman–Crippen MR) is 74.2 cm³/mol. The number of carboxylic acids is 1. The van der Waals surface area contributed by atoms with Gasteiger partial charge in [0.1, 0.15) is 0 Å². The van der Waals surface area contributed by atoms with E-state index in [4.69, 9.17) is 5.11 Å². The summed E-state index contributed by atoms with van der Waals surface area (Å²) in [7, 11) is -1.57. The van der Waals surface area contributed by atoms with E-state index in [0.29, 0.717) is 0 Å². The molecule has 1 aromatic rings. The molecule has 1 aromatic carbocycles. The van der Waals surface area contributed by atoms with Crippen LogP contribution in [0.25, 0.3) is 0 Å². The summed E-state index contributed by atoms with van der Waals surface area (Å²) in [6.07, 6.45) is 1.56. The Kier molecular flexibility index (Phi) is 4.42. The van der Waals surface area contributed by atoms with Crippen LogP contribution in [0.3, 0.4) is 0 Å². The first-order valence-electron chi connectivity index (χ1n) is 6.43. The monoisotopic (exact) mass is 298 g/mol. The van der Waals surface area contributed by atoms with Gasteiger partial charge in [0.25, 0.3) is 0 Å². The maximum absolute atomic E-state index is 12.2. The molecule has 1 heterocycles. The molecule has 0 radical (unpaired) electrons. The van der Waals surface area contributed by atoms with E-state index < -0.39 is 16.0 Å². The Morgan fingerprint density at radius 1 is 1.25 bits per heavy atom. The molecule has 0 bridgehead atoms. The highest BCUT2D eigenvalue weighted by Gasteiger charge is 2.23. The molecule has 0 unspecified atom stereocenters. The molecular formula is C13H18N2O4S. The fourth-order valence-electron chi connectivity index (χ4n) is 2.19. The Balaban J connectivity index is 2.08. The van der Waals surface area contributed by atoms with Gasteiger partial charge in [-0.05, 0) is 57.2 Å². The quantitative estimate of drug-likeness (QED) is 0.857. The van der Waals surface area contributed by atoms with Crippen molar-refractivity contribution in [3.8, 4) is 0 Å². The van der Waals surface area contributed by atoms with Crippen LogP contribution in [0.5, 0.6) is 0 Å². The molecule has 110 valence electrons. The standard InChI is InChI=1S/C13H18N2O4S/c1-15-8-6-11(7-9-15)14-20(18,19)12-4-2-10(3-5-12)13(16)17/h2-5,11,14H,6-9H2,1H3,(H,16,17). The van der Waals surface area contributed by atoms with E-state index in [0.717, 1.165) is 25.9 Å². The molecule has 7 heteroatoms. The second-order valence-electron chi connectivity index (χ2n) is 5.03. The average molecular weight is 298 g/mol.